The summed E-state index contributed by atoms with van der Waals surface area (Å²) in [5.41, 5.74) is -0.144. The smallest absolute Gasteiger partial charge is 0.404 e. The van der Waals surface area contributed by atoms with Gasteiger partial charge in [0.25, 0.3) is 11.6 Å². The Hall–Kier alpha value is -3.34. The molecule has 1 N–H and O–H groups in total. The van der Waals surface area contributed by atoms with Gasteiger partial charge in [0.1, 0.15) is 0 Å². The van der Waals surface area contributed by atoms with Crippen LogP contribution in [-0.4, -0.2) is 43.5 Å². The Labute approximate surface area is 163 Å². The van der Waals surface area contributed by atoms with Gasteiger partial charge in [-0.1, -0.05) is 12.1 Å². The lowest BCUT2D eigenvalue weighted by Gasteiger charge is -2.30. The second kappa shape index (κ2) is 8.35. The highest BCUT2D eigenvalue weighted by molar-refractivity contribution is 6.09. The average Bonchev–Trinajstić information content (AvgIpc) is 2.68. The number of nitro groups is 1. The molecule has 1 heterocycles. The summed E-state index contributed by atoms with van der Waals surface area (Å²) in [4.78, 5) is 25.1. The van der Waals surface area contributed by atoms with Crippen LogP contribution in [0.25, 0.3) is 0 Å². The largest absolute Gasteiger partial charge is 0.573 e. The van der Waals surface area contributed by atoms with Crippen molar-refractivity contribution in [3.63, 3.8) is 0 Å². The first-order chi connectivity index (χ1) is 13.7. The van der Waals surface area contributed by atoms with E-state index in [9.17, 15) is 28.1 Å². The molecule has 1 amide bonds. The number of carbonyl (C=O) groups excluding carboxylic acids is 1. The van der Waals surface area contributed by atoms with Gasteiger partial charge in [0, 0.05) is 25.2 Å². The second-order valence-corrected chi connectivity index (χ2v) is 6.06. The van der Waals surface area contributed by atoms with Gasteiger partial charge >= 0.3 is 6.36 Å². The van der Waals surface area contributed by atoms with Crippen LogP contribution in [0.15, 0.2) is 42.5 Å². The Morgan fingerprint density at radius 3 is 2.52 bits per heavy atom. The molecule has 1 saturated heterocycles. The number of anilines is 2. The summed E-state index contributed by atoms with van der Waals surface area (Å²) in [5.74, 6) is -1.39. The van der Waals surface area contributed by atoms with E-state index in [1.165, 1.54) is 30.3 Å². The third kappa shape index (κ3) is 5.13. The van der Waals surface area contributed by atoms with Gasteiger partial charge in [0.2, 0.25) is 0 Å². The van der Waals surface area contributed by atoms with Crippen LogP contribution in [0.1, 0.15) is 10.4 Å². The highest BCUT2D eigenvalue weighted by Gasteiger charge is 2.32. The molecule has 2 aromatic carbocycles. The van der Waals surface area contributed by atoms with Crippen LogP contribution in [0, 0.1) is 10.1 Å². The van der Waals surface area contributed by atoms with E-state index in [4.69, 9.17) is 4.74 Å². The van der Waals surface area contributed by atoms with E-state index in [1.54, 1.807) is 0 Å². The number of hydrogen-bond acceptors (Lipinski definition) is 6. The van der Waals surface area contributed by atoms with Crippen LogP contribution in [-0.2, 0) is 4.74 Å². The van der Waals surface area contributed by atoms with Crippen molar-refractivity contribution in [2.45, 2.75) is 6.36 Å². The molecule has 0 aromatic heterocycles. The molecule has 0 unspecified atom stereocenters. The van der Waals surface area contributed by atoms with Gasteiger partial charge in [-0.25, -0.2) is 0 Å². The molecule has 8 nitrogen and oxygen atoms in total. The van der Waals surface area contributed by atoms with Crippen molar-refractivity contribution >= 4 is 23.0 Å². The molecule has 0 radical (unpaired) electrons. The van der Waals surface area contributed by atoms with E-state index in [-0.39, 0.29) is 16.9 Å². The first kappa shape index (κ1) is 20.4. The molecule has 0 atom stereocenters. The molecule has 11 heteroatoms. The monoisotopic (exact) mass is 411 g/mol. The number of ether oxygens (including phenoxy) is 2. The standard InChI is InChI=1S/C18H16F3N3O5/c19-18(20,21)29-16-4-2-1-3-14(16)22-17(25)13-11-12(24(26)27)5-6-15(13)23-7-9-28-10-8-23/h1-6,11H,7-10H2,(H,22,25). The fraction of sp³-hybridized carbons (Fsp3) is 0.278. The molecule has 1 fully saturated rings. The third-order valence-electron chi connectivity index (χ3n) is 4.15. The maximum atomic E-state index is 12.8. The number of morpholine rings is 1. The molecular weight excluding hydrogens is 395 g/mol. The Morgan fingerprint density at radius 1 is 1.17 bits per heavy atom. The second-order valence-electron chi connectivity index (χ2n) is 6.06. The number of benzene rings is 2. The highest BCUT2D eigenvalue weighted by Crippen LogP contribution is 2.32. The topological polar surface area (TPSA) is 93.9 Å². The molecule has 29 heavy (non-hydrogen) atoms. The van der Waals surface area contributed by atoms with Gasteiger partial charge in [-0.05, 0) is 18.2 Å². The third-order valence-corrected chi connectivity index (χ3v) is 4.15. The maximum absolute atomic E-state index is 12.8. The van der Waals surface area contributed by atoms with E-state index >= 15 is 0 Å². The first-order valence-electron chi connectivity index (χ1n) is 8.52. The van der Waals surface area contributed by atoms with Crippen molar-refractivity contribution in [2.75, 3.05) is 36.5 Å². The summed E-state index contributed by atoms with van der Waals surface area (Å²) in [6.07, 6.45) is -4.94. The van der Waals surface area contributed by atoms with E-state index in [0.717, 1.165) is 12.1 Å². The molecule has 0 saturated carbocycles. The SMILES string of the molecule is O=C(Nc1ccccc1OC(F)(F)F)c1cc([N+](=O)[O-])ccc1N1CCOCC1. The van der Waals surface area contributed by atoms with Crippen molar-refractivity contribution in [3.8, 4) is 5.75 Å². The van der Waals surface area contributed by atoms with E-state index in [0.29, 0.717) is 32.0 Å². The number of halogens is 3. The lowest BCUT2D eigenvalue weighted by atomic mass is 10.1. The van der Waals surface area contributed by atoms with Crippen LogP contribution >= 0.6 is 0 Å². The zero-order chi connectivity index (χ0) is 21.0. The first-order valence-corrected chi connectivity index (χ1v) is 8.52. The molecular formula is C18H16F3N3O5. The molecule has 3 rings (SSSR count). The lowest BCUT2D eigenvalue weighted by Crippen LogP contribution is -2.37. The molecule has 2 aromatic rings. The summed E-state index contributed by atoms with van der Waals surface area (Å²) < 4.78 is 47.0. The number of carbonyl (C=O) groups is 1. The summed E-state index contributed by atoms with van der Waals surface area (Å²) >= 11 is 0. The molecule has 1 aliphatic rings. The van der Waals surface area contributed by atoms with Crippen LogP contribution in [0.4, 0.5) is 30.2 Å². The van der Waals surface area contributed by atoms with Crippen molar-refractivity contribution < 1.29 is 32.4 Å². The minimum atomic E-state index is -4.94. The maximum Gasteiger partial charge on any atom is 0.573 e. The van der Waals surface area contributed by atoms with Crippen LogP contribution in [0.5, 0.6) is 5.75 Å². The number of alkyl halides is 3. The lowest BCUT2D eigenvalue weighted by molar-refractivity contribution is -0.384. The average molecular weight is 411 g/mol. The number of nitrogens with zero attached hydrogens (tertiary/aromatic N) is 2. The molecule has 0 spiro atoms. The van der Waals surface area contributed by atoms with Crippen molar-refractivity contribution in [1.82, 2.24) is 0 Å². The fourth-order valence-electron chi connectivity index (χ4n) is 2.87. The number of non-ortho nitro benzene ring substituents is 1. The van der Waals surface area contributed by atoms with Crippen molar-refractivity contribution in [3.05, 3.63) is 58.1 Å². The summed E-state index contributed by atoms with van der Waals surface area (Å²) in [7, 11) is 0. The zero-order valence-corrected chi connectivity index (χ0v) is 14.9. The van der Waals surface area contributed by atoms with E-state index in [1.807, 2.05) is 4.90 Å². The summed E-state index contributed by atoms with van der Waals surface area (Å²) in [6, 6.07) is 8.84. The molecule has 1 aliphatic heterocycles. The normalized spacial score (nSPS) is 14.4. The quantitative estimate of drug-likeness (QED) is 0.597. The van der Waals surface area contributed by atoms with Gasteiger partial charge in [0.05, 0.1) is 35.1 Å². The molecule has 0 aliphatic carbocycles. The summed E-state index contributed by atoms with van der Waals surface area (Å²) in [6.45, 7) is 1.76. The Balaban J connectivity index is 1.94. The number of hydrogen-bond donors (Lipinski definition) is 1. The highest BCUT2D eigenvalue weighted by atomic mass is 19.4. The van der Waals surface area contributed by atoms with Crippen molar-refractivity contribution in [1.29, 1.82) is 0 Å². The predicted molar refractivity (Wildman–Crippen MR) is 97.2 cm³/mol. The van der Waals surface area contributed by atoms with Crippen LogP contribution in [0.3, 0.4) is 0 Å². The number of nitro benzene ring substituents is 1. The van der Waals surface area contributed by atoms with E-state index in [2.05, 4.69) is 10.1 Å². The van der Waals surface area contributed by atoms with Gasteiger partial charge < -0.3 is 19.7 Å². The minimum absolute atomic E-state index is 0.0390. The number of para-hydroxylation sites is 2. The van der Waals surface area contributed by atoms with Crippen LogP contribution in [0.2, 0.25) is 0 Å². The van der Waals surface area contributed by atoms with Gasteiger partial charge in [0.15, 0.2) is 5.75 Å². The minimum Gasteiger partial charge on any atom is -0.404 e. The number of rotatable bonds is 5. The summed E-state index contributed by atoms with van der Waals surface area (Å²) in [5, 5.41) is 13.5. The van der Waals surface area contributed by atoms with Gasteiger partial charge in [-0.2, -0.15) is 0 Å². The zero-order valence-electron chi connectivity index (χ0n) is 14.9. The fourth-order valence-corrected chi connectivity index (χ4v) is 2.87. The Bertz CT molecular complexity index is 914. The Morgan fingerprint density at radius 2 is 1.86 bits per heavy atom. The number of amides is 1. The molecule has 0 bridgehead atoms. The Kier molecular flexibility index (Phi) is 5.87. The van der Waals surface area contributed by atoms with E-state index < -0.39 is 22.9 Å². The van der Waals surface area contributed by atoms with Crippen LogP contribution < -0.4 is 15.0 Å². The van der Waals surface area contributed by atoms with Gasteiger partial charge in [-0.3, -0.25) is 14.9 Å². The number of nitrogens with one attached hydrogen (secondary N) is 1. The predicted octanol–water partition coefficient (Wildman–Crippen LogP) is 3.58. The molecule has 154 valence electrons. The van der Waals surface area contributed by atoms with Crippen molar-refractivity contribution in [2.24, 2.45) is 0 Å². The van der Waals surface area contributed by atoms with Gasteiger partial charge in [-0.15, -0.1) is 13.2 Å².